The quantitative estimate of drug-likeness (QED) is 0.510. The van der Waals surface area contributed by atoms with Gasteiger partial charge in [0.2, 0.25) is 0 Å². The molecule has 1 fully saturated rings. The molecule has 138 valence electrons. The molecule has 6 heteroatoms. The number of hydrogen-bond acceptors (Lipinski definition) is 3. The van der Waals surface area contributed by atoms with Crippen molar-refractivity contribution in [1.29, 1.82) is 0 Å². The highest BCUT2D eigenvalue weighted by Crippen LogP contribution is 2.36. The zero-order chi connectivity index (χ0) is 19.8. The molecule has 1 saturated heterocycles. The van der Waals surface area contributed by atoms with Crippen molar-refractivity contribution in [2.75, 3.05) is 4.90 Å². The van der Waals surface area contributed by atoms with Crippen LogP contribution in [0.1, 0.15) is 17.0 Å². The first-order chi connectivity index (χ1) is 13.5. The molecule has 2 amide bonds. The zero-order valence-corrected chi connectivity index (χ0v) is 16.8. The van der Waals surface area contributed by atoms with Gasteiger partial charge in [0, 0.05) is 17.1 Å². The second kappa shape index (κ2) is 7.21. The molecule has 0 unspecified atom stereocenters. The fourth-order valence-electron chi connectivity index (χ4n) is 3.43. The van der Waals surface area contributed by atoms with Gasteiger partial charge < -0.3 is 4.57 Å². The van der Waals surface area contributed by atoms with E-state index in [2.05, 4.69) is 36.7 Å². The number of carbonyl (C=O) groups excluding carboxylic acids is 2. The van der Waals surface area contributed by atoms with Crippen LogP contribution in [0, 0.1) is 13.8 Å². The average Bonchev–Trinajstić information content (AvgIpc) is 3.12. The minimum Gasteiger partial charge on any atom is -0.318 e. The number of aryl methyl sites for hydroxylation is 1. The van der Waals surface area contributed by atoms with Crippen LogP contribution in [0.5, 0.6) is 0 Å². The van der Waals surface area contributed by atoms with Crippen LogP contribution in [0.3, 0.4) is 0 Å². The second-order valence-electron chi connectivity index (χ2n) is 6.85. The van der Waals surface area contributed by atoms with Crippen molar-refractivity contribution in [3.63, 3.8) is 0 Å². The summed E-state index contributed by atoms with van der Waals surface area (Å²) in [5, 5.41) is -0.269. The van der Waals surface area contributed by atoms with E-state index in [1.54, 1.807) is 12.1 Å². The van der Waals surface area contributed by atoms with E-state index < -0.39 is 0 Å². The van der Waals surface area contributed by atoms with E-state index in [-0.39, 0.29) is 11.1 Å². The van der Waals surface area contributed by atoms with E-state index in [0.717, 1.165) is 34.4 Å². The average molecular weight is 386 g/mol. The molecule has 0 atom stereocenters. The highest BCUT2D eigenvalue weighted by Gasteiger charge is 2.36. The molecule has 0 N–H and O–H groups in total. The molecule has 4 rings (SSSR count). The lowest BCUT2D eigenvalue weighted by Crippen LogP contribution is -2.27. The van der Waals surface area contributed by atoms with Gasteiger partial charge in [-0.2, -0.15) is 0 Å². The Morgan fingerprint density at radius 1 is 0.929 bits per heavy atom. The summed E-state index contributed by atoms with van der Waals surface area (Å²) in [6, 6.07) is 19.4. The van der Waals surface area contributed by atoms with Crippen molar-refractivity contribution < 1.29 is 9.59 Å². The van der Waals surface area contributed by atoms with Gasteiger partial charge >= 0.3 is 0 Å². The molecule has 1 aliphatic rings. The fraction of sp³-hybridized carbons (Fsp3) is 0.0909. The number of aromatic nitrogens is 1. The second-order valence-corrected chi connectivity index (χ2v) is 7.84. The van der Waals surface area contributed by atoms with Crippen LogP contribution in [0.15, 0.2) is 65.6 Å². The maximum Gasteiger partial charge on any atom is 0.298 e. The summed E-state index contributed by atoms with van der Waals surface area (Å²) in [5.41, 5.74) is 5.94. The minimum absolute atomic E-state index is 0.269. The summed E-state index contributed by atoms with van der Waals surface area (Å²) in [4.78, 5) is 26.9. The first kappa shape index (κ1) is 18.4. The van der Waals surface area contributed by atoms with E-state index in [1.807, 2.05) is 44.2 Å². The molecule has 1 aromatic heterocycles. The predicted molar refractivity (Wildman–Crippen MR) is 118 cm³/mol. The van der Waals surface area contributed by atoms with Gasteiger partial charge in [-0.15, -0.1) is 0 Å². The highest BCUT2D eigenvalue weighted by atomic mass is 32.2. The van der Waals surface area contributed by atoms with Crippen LogP contribution in [-0.4, -0.2) is 23.6 Å². The van der Waals surface area contributed by atoms with Gasteiger partial charge in [-0.05, 0) is 67.6 Å². The molecular weight excluding hydrogens is 367 g/mol. The van der Waals surface area contributed by atoms with Gasteiger partial charge in [-0.1, -0.05) is 35.8 Å². The highest BCUT2D eigenvalue weighted by molar-refractivity contribution is 8.19. The third kappa shape index (κ3) is 3.20. The normalized spacial score (nSPS) is 15.6. The molecule has 0 bridgehead atoms. The Morgan fingerprint density at radius 2 is 1.61 bits per heavy atom. The van der Waals surface area contributed by atoms with Crippen LogP contribution in [-0.2, 0) is 4.79 Å². The predicted octanol–water partition coefficient (Wildman–Crippen LogP) is 3.59. The number of imide groups is 1. The third-order valence-electron chi connectivity index (χ3n) is 4.86. The van der Waals surface area contributed by atoms with Crippen LogP contribution >= 0.6 is 11.8 Å². The Labute approximate surface area is 169 Å². The summed E-state index contributed by atoms with van der Waals surface area (Å²) >= 11 is 0.982. The molecule has 4 nitrogen and oxygen atoms in total. The summed E-state index contributed by atoms with van der Waals surface area (Å²) in [7, 11) is 2.06. The number of rotatable bonds is 3. The van der Waals surface area contributed by atoms with Crippen molar-refractivity contribution in [3.8, 4) is 5.69 Å². The van der Waals surface area contributed by atoms with E-state index >= 15 is 0 Å². The van der Waals surface area contributed by atoms with Gasteiger partial charge in [0.1, 0.15) is 7.85 Å². The fourth-order valence-corrected chi connectivity index (χ4v) is 4.27. The molecule has 0 radical (unpaired) electrons. The lowest BCUT2D eigenvalue weighted by atomic mass is 9.96. The molecule has 0 spiro atoms. The minimum atomic E-state index is -0.277. The van der Waals surface area contributed by atoms with Gasteiger partial charge in [0.25, 0.3) is 11.1 Å². The Hall–Kier alpha value is -2.99. The largest absolute Gasteiger partial charge is 0.318 e. The molecule has 2 aromatic carbocycles. The maximum absolute atomic E-state index is 12.8. The van der Waals surface area contributed by atoms with Gasteiger partial charge in [-0.3, -0.25) is 9.59 Å². The number of carbonyl (C=O) groups is 2. The number of thioether (sulfide) groups is 1. The SMILES string of the molecule is Bc1ccc(-n2c(C)cc(C=C3SC(=O)N(c4ccccc4)C3=O)c2C)cc1. The van der Waals surface area contributed by atoms with E-state index in [0.29, 0.717) is 10.6 Å². The van der Waals surface area contributed by atoms with Gasteiger partial charge in [-0.25, -0.2) is 4.90 Å². The number of nitrogens with zero attached hydrogens (tertiary/aromatic N) is 2. The van der Waals surface area contributed by atoms with Crippen molar-refractivity contribution in [1.82, 2.24) is 4.57 Å². The first-order valence-corrected chi connectivity index (χ1v) is 9.86. The molecule has 28 heavy (non-hydrogen) atoms. The van der Waals surface area contributed by atoms with Gasteiger partial charge in [0.05, 0.1) is 10.6 Å². The van der Waals surface area contributed by atoms with E-state index in [4.69, 9.17) is 0 Å². The molecular formula is C22H19BN2O2S. The lowest BCUT2D eigenvalue weighted by Gasteiger charge is -2.11. The third-order valence-corrected chi connectivity index (χ3v) is 5.73. The smallest absolute Gasteiger partial charge is 0.298 e. The molecule has 2 heterocycles. The topological polar surface area (TPSA) is 42.3 Å². The zero-order valence-electron chi connectivity index (χ0n) is 16.0. The first-order valence-electron chi connectivity index (χ1n) is 9.04. The molecule has 0 saturated carbocycles. The summed E-state index contributed by atoms with van der Waals surface area (Å²) in [5.74, 6) is -0.277. The number of hydrogen-bond donors (Lipinski definition) is 0. The van der Waals surface area contributed by atoms with Crippen LogP contribution in [0.4, 0.5) is 10.5 Å². The van der Waals surface area contributed by atoms with Crippen molar-refractivity contribution in [2.45, 2.75) is 13.8 Å². The van der Waals surface area contributed by atoms with Gasteiger partial charge in [0.15, 0.2) is 0 Å². The van der Waals surface area contributed by atoms with Crippen LogP contribution in [0.2, 0.25) is 0 Å². The molecule has 3 aromatic rings. The number of para-hydroxylation sites is 1. The van der Waals surface area contributed by atoms with E-state index in [9.17, 15) is 9.59 Å². The number of amides is 2. The number of anilines is 1. The Balaban J connectivity index is 1.70. The summed E-state index contributed by atoms with van der Waals surface area (Å²) in [6.07, 6.45) is 1.82. The Kier molecular flexibility index (Phi) is 4.73. The molecule has 1 aliphatic heterocycles. The summed E-state index contributed by atoms with van der Waals surface area (Å²) in [6.45, 7) is 4.07. The molecule has 0 aliphatic carbocycles. The summed E-state index contributed by atoms with van der Waals surface area (Å²) < 4.78 is 2.16. The van der Waals surface area contributed by atoms with Crippen molar-refractivity contribution >= 4 is 48.0 Å². The van der Waals surface area contributed by atoms with Crippen molar-refractivity contribution in [2.24, 2.45) is 0 Å². The van der Waals surface area contributed by atoms with Crippen LogP contribution in [0.25, 0.3) is 11.8 Å². The van der Waals surface area contributed by atoms with Crippen molar-refractivity contribution in [3.05, 3.63) is 82.5 Å². The Morgan fingerprint density at radius 3 is 2.29 bits per heavy atom. The Bertz CT molecular complexity index is 1100. The number of benzene rings is 2. The monoisotopic (exact) mass is 386 g/mol. The standard InChI is InChI=1S/C22H19BN2O2S/c1-14-12-16(15(2)24(14)19-10-8-17(23)9-11-19)13-20-21(26)25(22(27)28-20)18-6-4-3-5-7-18/h3-13H,23H2,1-2H3. The van der Waals surface area contributed by atoms with E-state index in [1.165, 1.54) is 10.4 Å². The maximum atomic E-state index is 12.8. The van der Waals surface area contributed by atoms with Crippen LogP contribution < -0.4 is 10.4 Å². The lowest BCUT2D eigenvalue weighted by molar-refractivity contribution is -0.113.